The van der Waals surface area contributed by atoms with Gasteiger partial charge in [-0.2, -0.15) is 5.10 Å². The van der Waals surface area contributed by atoms with Gasteiger partial charge in [0.25, 0.3) is 0 Å². The van der Waals surface area contributed by atoms with Crippen LogP contribution in [0.2, 0.25) is 0 Å². The van der Waals surface area contributed by atoms with Crippen molar-refractivity contribution >= 4 is 0 Å². The zero-order valence-corrected chi connectivity index (χ0v) is 7.04. The average Bonchev–Trinajstić information content (AvgIpc) is 2.34. The van der Waals surface area contributed by atoms with E-state index in [-0.39, 0.29) is 6.61 Å². The molecule has 3 nitrogen and oxygen atoms in total. The lowest BCUT2D eigenvalue weighted by Crippen LogP contribution is -1.99. The summed E-state index contributed by atoms with van der Waals surface area (Å²) in [5.74, 6) is 0. The molecule has 0 aromatic carbocycles. The molecule has 0 fully saturated rings. The van der Waals surface area contributed by atoms with Crippen molar-refractivity contribution in [2.45, 2.75) is 26.4 Å². The number of aryl methyl sites for hydroxylation is 1. The fourth-order valence-electron chi connectivity index (χ4n) is 1.20. The van der Waals surface area contributed by atoms with Crippen LogP contribution in [0.1, 0.15) is 24.6 Å². The highest BCUT2D eigenvalue weighted by molar-refractivity contribution is 5.16. The highest BCUT2D eigenvalue weighted by atomic mass is 16.3. The van der Waals surface area contributed by atoms with E-state index in [2.05, 4.69) is 12.0 Å². The number of aliphatic hydroxyl groups is 1. The molecule has 1 aromatic rings. The quantitative estimate of drug-likeness (QED) is 0.701. The maximum absolute atomic E-state index is 8.91. The molecule has 0 saturated carbocycles. The van der Waals surface area contributed by atoms with Crippen molar-refractivity contribution in [3.05, 3.63) is 17.5 Å². The molecule has 62 valence electrons. The molecule has 0 aliphatic heterocycles. The molecule has 0 spiro atoms. The molecule has 1 rings (SSSR count). The lowest BCUT2D eigenvalue weighted by molar-refractivity contribution is 0.280. The number of aliphatic hydroxyl groups excluding tert-OH is 1. The first-order valence-corrected chi connectivity index (χ1v) is 3.90. The first-order valence-electron chi connectivity index (χ1n) is 3.90. The Balaban J connectivity index is 2.88. The van der Waals surface area contributed by atoms with E-state index >= 15 is 0 Å². The number of aromatic nitrogens is 2. The predicted octanol–water partition coefficient (Wildman–Crippen LogP) is 0.865. The van der Waals surface area contributed by atoms with Crippen molar-refractivity contribution in [3.8, 4) is 0 Å². The van der Waals surface area contributed by atoms with Gasteiger partial charge in [0.1, 0.15) is 0 Å². The number of hydrogen-bond acceptors (Lipinski definition) is 2. The molecule has 0 bridgehead atoms. The third kappa shape index (κ3) is 1.60. The molecule has 0 saturated heterocycles. The molecule has 0 amide bonds. The Morgan fingerprint density at radius 2 is 2.36 bits per heavy atom. The van der Waals surface area contributed by atoms with Gasteiger partial charge in [-0.1, -0.05) is 13.3 Å². The SMILES string of the molecule is CCCc1c(CO)cnn1C. The Kier molecular flexibility index (Phi) is 2.65. The van der Waals surface area contributed by atoms with Crippen LogP contribution in [0.15, 0.2) is 6.20 Å². The van der Waals surface area contributed by atoms with Crippen molar-refractivity contribution in [1.29, 1.82) is 0 Å². The Bertz CT molecular complexity index is 230. The van der Waals surface area contributed by atoms with E-state index < -0.39 is 0 Å². The average molecular weight is 154 g/mol. The largest absolute Gasteiger partial charge is 0.392 e. The minimum Gasteiger partial charge on any atom is -0.392 e. The van der Waals surface area contributed by atoms with Crippen LogP contribution >= 0.6 is 0 Å². The van der Waals surface area contributed by atoms with Gasteiger partial charge in [0, 0.05) is 18.3 Å². The van der Waals surface area contributed by atoms with Gasteiger partial charge in [0.2, 0.25) is 0 Å². The van der Waals surface area contributed by atoms with Crippen molar-refractivity contribution in [1.82, 2.24) is 9.78 Å². The summed E-state index contributed by atoms with van der Waals surface area (Å²) in [5, 5.41) is 13.0. The molecule has 1 N–H and O–H groups in total. The summed E-state index contributed by atoms with van der Waals surface area (Å²) >= 11 is 0. The van der Waals surface area contributed by atoms with Gasteiger partial charge in [0.15, 0.2) is 0 Å². The van der Waals surface area contributed by atoms with Crippen LogP contribution in [-0.2, 0) is 20.1 Å². The first-order chi connectivity index (χ1) is 5.29. The van der Waals surface area contributed by atoms with Crippen molar-refractivity contribution < 1.29 is 5.11 Å². The highest BCUT2D eigenvalue weighted by Crippen LogP contribution is 2.09. The monoisotopic (exact) mass is 154 g/mol. The van der Waals surface area contributed by atoms with Gasteiger partial charge >= 0.3 is 0 Å². The fraction of sp³-hybridized carbons (Fsp3) is 0.625. The van der Waals surface area contributed by atoms with E-state index in [0.29, 0.717) is 0 Å². The molecule has 11 heavy (non-hydrogen) atoms. The number of rotatable bonds is 3. The maximum atomic E-state index is 8.91. The number of hydrogen-bond donors (Lipinski definition) is 1. The summed E-state index contributed by atoms with van der Waals surface area (Å²) < 4.78 is 1.83. The zero-order chi connectivity index (χ0) is 8.27. The van der Waals surface area contributed by atoms with Crippen molar-refractivity contribution in [3.63, 3.8) is 0 Å². The lowest BCUT2D eigenvalue weighted by atomic mass is 10.2. The van der Waals surface area contributed by atoms with Crippen LogP contribution in [0.25, 0.3) is 0 Å². The van der Waals surface area contributed by atoms with Crippen molar-refractivity contribution in [2.24, 2.45) is 7.05 Å². The van der Waals surface area contributed by atoms with Crippen LogP contribution in [0, 0.1) is 0 Å². The molecule has 3 heteroatoms. The second-order valence-corrected chi connectivity index (χ2v) is 2.65. The molecule has 0 radical (unpaired) electrons. The smallest absolute Gasteiger partial charge is 0.0715 e. The maximum Gasteiger partial charge on any atom is 0.0715 e. The van der Waals surface area contributed by atoms with Gasteiger partial charge in [-0.15, -0.1) is 0 Å². The topological polar surface area (TPSA) is 38.1 Å². The molecular weight excluding hydrogens is 140 g/mol. The predicted molar refractivity (Wildman–Crippen MR) is 43.1 cm³/mol. The fourth-order valence-corrected chi connectivity index (χ4v) is 1.20. The molecular formula is C8H14N2O. The molecule has 1 heterocycles. The van der Waals surface area contributed by atoms with Crippen LogP contribution in [0.5, 0.6) is 0 Å². The van der Waals surface area contributed by atoms with Crippen molar-refractivity contribution in [2.75, 3.05) is 0 Å². The lowest BCUT2D eigenvalue weighted by Gasteiger charge is -2.01. The molecule has 0 atom stereocenters. The van der Waals surface area contributed by atoms with Gasteiger partial charge in [-0.05, 0) is 6.42 Å². The van der Waals surface area contributed by atoms with Gasteiger partial charge in [0.05, 0.1) is 12.8 Å². The van der Waals surface area contributed by atoms with E-state index in [0.717, 1.165) is 24.1 Å². The van der Waals surface area contributed by atoms with E-state index in [9.17, 15) is 0 Å². The normalized spacial score (nSPS) is 10.5. The third-order valence-electron chi connectivity index (χ3n) is 1.81. The van der Waals surface area contributed by atoms with E-state index in [1.807, 2.05) is 11.7 Å². The van der Waals surface area contributed by atoms with Crippen LogP contribution < -0.4 is 0 Å². The number of nitrogens with zero attached hydrogens (tertiary/aromatic N) is 2. The van der Waals surface area contributed by atoms with Gasteiger partial charge < -0.3 is 5.11 Å². The summed E-state index contributed by atoms with van der Waals surface area (Å²) in [4.78, 5) is 0. The summed E-state index contributed by atoms with van der Waals surface area (Å²) in [6, 6.07) is 0. The first kappa shape index (κ1) is 8.27. The molecule has 0 aliphatic carbocycles. The Labute approximate surface area is 66.7 Å². The zero-order valence-electron chi connectivity index (χ0n) is 7.04. The third-order valence-corrected chi connectivity index (χ3v) is 1.81. The summed E-state index contributed by atoms with van der Waals surface area (Å²) in [6.45, 7) is 2.22. The van der Waals surface area contributed by atoms with Gasteiger partial charge in [-0.3, -0.25) is 4.68 Å². The van der Waals surface area contributed by atoms with Gasteiger partial charge in [-0.25, -0.2) is 0 Å². The second-order valence-electron chi connectivity index (χ2n) is 2.65. The Morgan fingerprint density at radius 3 is 2.91 bits per heavy atom. The molecule has 0 aliphatic rings. The summed E-state index contributed by atoms with van der Waals surface area (Å²) in [6.07, 6.45) is 3.81. The summed E-state index contributed by atoms with van der Waals surface area (Å²) in [7, 11) is 1.91. The van der Waals surface area contributed by atoms with E-state index in [4.69, 9.17) is 5.11 Å². The highest BCUT2D eigenvalue weighted by Gasteiger charge is 2.04. The Hall–Kier alpha value is -0.830. The van der Waals surface area contributed by atoms with E-state index in [1.165, 1.54) is 0 Å². The summed E-state index contributed by atoms with van der Waals surface area (Å²) in [5.41, 5.74) is 2.10. The van der Waals surface area contributed by atoms with E-state index in [1.54, 1.807) is 6.20 Å². The molecule has 0 unspecified atom stereocenters. The molecule has 1 aromatic heterocycles. The van der Waals surface area contributed by atoms with Crippen LogP contribution in [0.4, 0.5) is 0 Å². The standard InChI is InChI=1S/C8H14N2O/c1-3-4-8-7(6-11)5-9-10(8)2/h5,11H,3-4,6H2,1-2H3. The minimum absolute atomic E-state index is 0.100. The second kappa shape index (κ2) is 3.53. The van der Waals surface area contributed by atoms with Crippen LogP contribution in [0.3, 0.4) is 0 Å². The Morgan fingerprint density at radius 1 is 1.64 bits per heavy atom. The van der Waals surface area contributed by atoms with Crippen LogP contribution in [-0.4, -0.2) is 14.9 Å². The minimum atomic E-state index is 0.100.